The van der Waals surface area contributed by atoms with E-state index in [1.165, 1.54) is 0 Å². The minimum atomic E-state index is -0.543. The van der Waals surface area contributed by atoms with Crippen LogP contribution in [0.25, 0.3) is 0 Å². The lowest BCUT2D eigenvalue weighted by atomic mass is 10.0. The summed E-state index contributed by atoms with van der Waals surface area (Å²) in [6.07, 6.45) is 4.60. The maximum absolute atomic E-state index is 9.25. The average Bonchev–Trinajstić information content (AvgIpc) is 2.63. The van der Waals surface area contributed by atoms with E-state index in [9.17, 15) is 5.26 Å². The Morgan fingerprint density at radius 3 is 2.81 bits per heavy atom. The van der Waals surface area contributed by atoms with Gasteiger partial charge in [0.05, 0.1) is 12.6 Å². The Bertz CT molecular complexity index is 375. The molecule has 1 unspecified atom stereocenters. The normalized spacial score (nSPS) is 14.8. The van der Waals surface area contributed by atoms with E-state index >= 15 is 0 Å². The molecular formula is C12H20N4. The Morgan fingerprint density at radius 1 is 1.62 bits per heavy atom. The molecule has 0 aromatic carbocycles. The molecular weight excluding hydrogens is 200 g/mol. The van der Waals surface area contributed by atoms with Crippen LogP contribution in [0.3, 0.4) is 0 Å². The van der Waals surface area contributed by atoms with Gasteiger partial charge in [-0.05, 0) is 20.8 Å². The molecule has 1 N–H and O–H groups in total. The van der Waals surface area contributed by atoms with E-state index in [2.05, 4.69) is 23.3 Å². The van der Waals surface area contributed by atoms with E-state index in [0.717, 1.165) is 12.2 Å². The molecule has 0 radical (unpaired) electrons. The zero-order chi connectivity index (χ0) is 12.2. The summed E-state index contributed by atoms with van der Waals surface area (Å²) in [7, 11) is 0. The third-order valence-corrected chi connectivity index (χ3v) is 2.46. The highest BCUT2D eigenvalue weighted by Gasteiger charge is 2.25. The van der Waals surface area contributed by atoms with Gasteiger partial charge in [-0.15, -0.1) is 0 Å². The second-order valence-electron chi connectivity index (χ2n) is 4.57. The lowest BCUT2D eigenvalue weighted by molar-refractivity contribution is 0.354. The van der Waals surface area contributed by atoms with E-state index in [1.54, 1.807) is 6.20 Å². The highest BCUT2D eigenvalue weighted by Crippen LogP contribution is 2.10. The Balaban J connectivity index is 2.81. The summed E-state index contributed by atoms with van der Waals surface area (Å²) in [5.41, 5.74) is -0.543. The summed E-state index contributed by atoms with van der Waals surface area (Å²) in [6, 6.07) is 2.63. The predicted molar refractivity (Wildman–Crippen MR) is 63.9 cm³/mol. The fourth-order valence-electron chi connectivity index (χ4n) is 1.89. The van der Waals surface area contributed by atoms with E-state index in [4.69, 9.17) is 0 Å². The van der Waals surface area contributed by atoms with Crippen LogP contribution in [0.5, 0.6) is 0 Å². The van der Waals surface area contributed by atoms with Gasteiger partial charge in [-0.3, -0.25) is 5.32 Å². The fourth-order valence-corrected chi connectivity index (χ4v) is 1.89. The molecule has 4 heteroatoms. The molecule has 4 nitrogen and oxygen atoms in total. The molecule has 0 aliphatic heterocycles. The Hall–Kier alpha value is -1.34. The average molecular weight is 220 g/mol. The highest BCUT2D eigenvalue weighted by atomic mass is 15.1. The number of aromatic nitrogens is 2. The number of nitriles is 1. The van der Waals surface area contributed by atoms with Crippen LogP contribution in [0.2, 0.25) is 0 Å². The van der Waals surface area contributed by atoms with Gasteiger partial charge in [0.25, 0.3) is 0 Å². The molecule has 0 fully saturated rings. The number of hydrogen-bond acceptors (Lipinski definition) is 3. The summed E-state index contributed by atoms with van der Waals surface area (Å²) in [5.74, 6) is 1.02. The van der Waals surface area contributed by atoms with Crippen molar-refractivity contribution in [3.05, 3.63) is 18.2 Å². The van der Waals surface area contributed by atoms with Gasteiger partial charge in [-0.1, -0.05) is 6.92 Å². The molecule has 0 amide bonds. The Morgan fingerprint density at radius 2 is 2.31 bits per heavy atom. The van der Waals surface area contributed by atoms with Crippen LogP contribution in [0.4, 0.5) is 0 Å². The molecule has 0 aliphatic carbocycles. The van der Waals surface area contributed by atoms with Crippen molar-refractivity contribution >= 4 is 0 Å². The topological polar surface area (TPSA) is 53.6 Å². The molecule has 1 heterocycles. The minimum absolute atomic E-state index is 0.290. The lowest BCUT2D eigenvalue weighted by Crippen LogP contribution is -2.48. The third kappa shape index (κ3) is 3.07. The first-order chi connectivity index (χ1) is 7.50. The smallest absolute Gasteiger partial charge is 0.122 e. The van der Waals surface area contributed by atoms with Gasteiger partial charge in [-0.2, -0.15) is 5.26 Å². The Kier molecular flexibility index (Phi) is 4.08. The quantitative estimate of drug-likeness (QED) is 0.822. The van der Waals surface area contributed by atoms with Crippen molar-refractivity contribution in [2.45, 2.75) is 52.2 Å². The van der Waals surface area contributed by atoms with Gasteiger partial charge in [0, 0.05) is 24.9 Å². The molecule has 88 valence electrons. The van der Waals surface area contributed by atoms with Crippen molar-refractivity contribution in [3.63, 3.8) is 0 Å². The van der Waals surface area contributed by atoms with Crippen molar-refractivity contribution in [1.82, 2.24) is 14.9 Å². The summed E-state index contributed by atoms with van der Waals surface area (Å²) < 4.78 is 2.04. The van der Waals surface area contributed by atoms with Gasteiger partial charge in [0.1, 0.15) is 11.4 Å². The van der Waals surface area contributed by atoms with E-state index in [1.807, 2.05) is 31.5 Å². The largest absolute Gasteiger partial charge is 0.332 e. The molecule has 0 saturated carbocycles. The molecule has 0 bridgehead atoms. The lowest BCUT2D eigenvalue weighted by Gasteiger charge is -2.26. The van der Waals surface area contributed by atoms with Crippen molar-refractivity contribution < 1.29 is 0 Å². The monoisotopic (exact) mass is 220 g/mol. The van der Waals surface area contributed by atoms with Crippen molar-refractivity contribution in [1.29, 1.82) is 5.26 Å². The molecule has 0 aliphatic rings. The maximum Gasteiger partial charge on any atom is 0.122 e. The second kappa shape index (κ2) is 5.13. The Labute approximate surface area is 97.3 Å². The van der Waals surface area contributed by atoms with Crippen LogP contribution in [0.15, 0.2) is 12.4 Å². The van der Waals surface area contributed by atoms with Crippen molar-refractivity contribution in [2.24, 2.45) is 0 Å². The van der Waals surface area contributed by atoms with Crippen molar-refractivity contribution in [2.75, 3.05) is 0 Å². The molecule has 1 atom stereocenters. The number of imidazole rings is 1. The van der Waals surface area contributed by atoms with Crippen LogP contribution < -0.4 is 5.32 Å². The minimum Gasteiger partial charge on any atom is -0.332 e. The fraction of sp³-hybridized carbons (Fsp3) is 0.667. The zero-order valence-electron chi connectivity index (χ0n) is 10.5. The van der Waals surface area contributed by atoms with Crippen LogP contribution in [-0.2, 0) is 13.0 Å². The second-order valence-corrected chi connectivity index (χ2v) is 4.57. The highest BCUT2D eigenvalue weighted by molar-refractivity contribution is 5.06. The maximum atomic E-state index is 9.25. The van der Waals surface area contributed by atoms with Gasteiger partial charge >= 0.3 is 0 Å². The summed E-state index contributed by atoms with van der Waals surface area (Å²) in [6.45, 7) is 8.71. The number of nitrogens with one attached hydrogen (secondary N) is 1. The van der Waals surface area contributed by atoms with E-state index in [0.29, 0.717) is 12.6 Å². The van der Waals surface area contributed by atoms with E-state index < -0.39 is 5.54 Å². The summed E-state index contributed by atoms with van der Waals surface area (Å²) in [4.78, 5) is 4.26. The van der Waals surface area contributed by atoms with Crippen molar-refractivity contribution in [3.8, 4) is 6.07 Å². The first-order valence-electron chi connectivity index (χ1n) is 5.69. The number of hydrogen-bond donors (Lipinski definition) is 1. The summed E-state index contributed by atoms with van der Waals surface area (Å²) >= 11 is 0. The van der Waals surface area contributed by atoms with Gasteiger partial charge < -0.3 is 4.57 Å². The molecule has 1 rings (SSSR count). The molecule has 1 aromatic heterocycles. The van der Waals surface area contributed by atoms with Gasteiger partial charge in [-0.25, -0.2) is 4.98 Å². The molecule has 16 heavy (non-hydrogen) atoms. The van der Waals surface area contributed by atoms with Gasteiger partial charge in [0.2, 0.25) is 0 Å². The standard InChI is InChI=1S/C12H20N4/c1-5-11-14-6-7-16(11)9-12(4,8-13)15-10(2)3/h6-7,10,15H,5,9H2,1-4H3. The first-order valence-corrected chi connectivity index (χ1v) is 5.69. The van der Waals surface area contributed by atoms with E-state index in [-0.39, 0.29) is 0 Å². The predicted octanol–water partition coefficient (Wildman–Crippen LogP) is 1.73. The van der Waals surface area contributed by atoms with Crippen LogP contribution >= 0.6 is 0 Å². The number of aryl methyl sites for hydroxylation is 1. The van der Waals surface area contributed by atoms with Crippen LogP contribution in [0.1, 0.15) is 33.5 Å². The van der Waals surface area contributed by atoms with Gasteiger partial charge in [0.15, 0.2) is 0 Å². The van der Waals surface area contributed by atoms with Crippen LogP contribution in [-0.4, -0.2) is 21.1 Å². The molecule has 0 saturated heterocycles. The summed E-state index contributed by atoms with van der Waals surface area (Å²) in [5, 5.41) is 12.5. The molecule has 0 spiro atoms. The SMILES string of the molecule is CCc1nccn1CC(C)(C#N)NC(C)C. The zero-order valence-corrected chi connectivity index (χ0v) is 10.5. The van der Waals surface area contributed by atoms with Crippen LogP contribution in [0, 0.1) is 11.3 Å². The first kappa shape index (κ1) is 12.7. The molecule has 1 aromatic rings. The number of nitrogens with zero attached hydrogens (tertiary/aromatic N) is 3. The number of rotatable bonds is 5. The third-order valence-electron chi connectivity index (χ3n) is 2.46.